The number of hydrogen-bond acceptors (Lipinski definition) is 2. The average molecular weight is 318 g/mol. The highest BCUT2D eigenvalue weighted by Gasteiger charge is 2.55. The number of Topliss-reactive ketones (excluding diaryl/α,β-unsaturated/α-hetero) is 1. The van der Waals surface area contributed by atoms with E-state index in [1.807, 2.05) is 24.3 Å². The first-order valence-electron chi connectivity index (χ1n) is 6.91. The summed E-state index contributed by atoms with van der Waals surface area (Å²) in [5.41, 5.74) is 0.833. The van der Waals surface area contributed by atoms with Crippen LogP contribution in [0.1, 0.15) is 37.2 Å². The fraction of sp³-hybridized carbons (Fsp3) is 0.500. The Labute approximate surface area is 121 Å². The molecule has 1 aromatic carbocycles. The van der Waals surface area contributed by atoms with E-state index < -0.39 is 5.92 Å². The number of carbonyl (C=O) groups excluding carboxylic acids is 1. The molecule has 2 aliphatic rings. The molecule has 2 aliphatic carbocycles. The molecule has 1 aromatic rings. The molecule has 3 heteroatoms. The molecule has 3 rings (SSSR count). The Hall–Kier alpha value is -1.14. The molecule has 0 spiro atoms. The van der Waals surface area contributed by atoms with Crippen molar-refractivity contribution in [2.75, 3.05) is 0 Å². The zero-order valence-electron chi connectivity index (χ0n) is 10.7. The summed E-state index contributed by atoms with van der Waals surface area (Å²) in [5.74, 6) is 0.890. The number of benzene rings is 1. The highest BCUT2D eigenvalue weighted by Crippen LogP contribution is 2.57. The minimum Gasteiger partial charge on any atom is -0.298 e. The Morgan fingerprint density at radius 3 is 2.32 bits per heavy atom. The van der Waals surface area contributed by atoms with E-state index in [0.29, 0.717) is 11.8 Å². The third-order valence-corrected chi connectivity index (χ3v) is 5.13. The number of carbonyl (C=O) groups is 1. The van der Waals surface area contributed by atoms with E-state index in [1.165, 1.54) is 25.7 Å². The van der Waals surface area contributed by atoms with Crippen molar-refractivity contribution >= 4 is 21.7 Å². The first-order chi connectivity index (χ1) is 9.22. The molecule has 3 atom stereocenters. The SMILES string of the molecule is N#CC(C(=O)C1C2CCCCC21)c1ccc(Br)cc1. The Morgan fingerprint density at radius 1 is 1.21 bits per heavy atom. The van der Waals surface area contributed by atoms with E-state index >= 15 is 0 Å². The van der Waals surface area contributed by atoms with Crippen molar-refractivity contribution in [3.8, 4) is 6.07 Å². The molecule has 0 bridgehead atoms. The number of fused-ring (bicyclic) bond motifs is 1. The van der Waals surface area contributed by atoms with E-state index in [0.717, 1.165) is 10.0 Å². The van der Waals surface area contributed by atoms with E-state index in [9.17, 15) is 10.1 Å². The van der Waals surface area contributed by atoms with Crippen LogP contribution in [0, 0.1) is 29.1 Å². The van der Waals surface area contributed by atoms with E-state index in [1.54, 1.807) is 0 Å². The lowest BCUT2D eigenvalue weighted by atomic mass is 9.92. The second kappa shape index (κ2) is 5.09. The maximum Gasteiger partial charge on any atom is 0.158 e. The van der Waals surface area contributed by atoms with Crippen molar-refractivity contribution in [2.45, 2.75) is 31.6 Å². The van der Waals surface area contributed by atoms with Crippen LogP contribution in [0.2, 0.25) is 0 Å². The number of nitriles is 1. The van der Waals surface area contributed by atoms with Gasteiger partial charge >= 0.3 is 0 Å². The Balaban J connectivity index is 1.78. The molecule has 0 saturated heterocycles. The lowest BCUT2D eigenvalue weighted by molar-refractivity contribution is -0.121. The van der Waals surface area contributed by atoms with Crippen molar-refractivity contribution in [2.24, 2.45) is 17.8 Å². The largest absolute Gasteiger partial charge is 0.298 e. The maximum absolute atomic E-state index is 12.6. The van der Waals surface area contributed by atoms with Crippen LogP contribution in [0.5, 0.6) is 0 Å². The third-order valence-electron chi connectivity index (χ3n) is 4.60. The van der Waals surface area contributed by atoms with Crippen molar-refractivity contribution in [1.82, 2.24) is 0 Å². The van der Waals surface area contributed by atoms with Crippen LogP contribution < -0.4 is 0 Å². The van der Waals surface area contributed by atoms with Crippen molar-refractivity contribution in [3.05, 3.63) is 34.3 Å². The molecule has 19 heavy (non-hydrogen) atoms. The maximum atomic E-state index is 12.6. The topological polar surface area (TPSA) is 40.9 Å². The van der Waals surface area contributed by atoms with Crippen LogP contribution in [-0.2, 0) is 4.79 Å². The van der Waals surface area contributed by atoms with Gasteiger partial charge in [-0.15, -0.1) is 0 Å². The van der Waals surface area contributed by atoms with Gasteiger partial charge in [0.25, 0.3) is 0 Å². The van der Waals surface area contributed by atoms with Crippen LogP contribution >= 0.6 is 15.9 Å². The minimum absolute atomic E-state index is 0.154. The first-order valence-corrected chi connectivity index (χ1v) is 7.70. The molecule has 0 aliphatic heterocycles. The number of nitrogens with zero attached hydrogens (tertiary/aromatic N) is 1. The van der Waals surface area contributed by atoms with Gasteiger partial charge in [-0.1, -0.05) is 40.9 Å². The molecule has 2 nitrogen and oxygen atoms in total. The predicted octanol–water partition coefficient (Wildman–Crippen LogP) is 4.06. The second-order valence-corrected chi connectivity index (χ2v) is 6.57. The monoisotopic (exact) mass is 317 g/mol. The molecule has 0 radical (unpaired) electrons. The van der Waals surface area contributed by atoms with Gasteiger partial charge in [0.2, 0.25) is 0 Å². The van der Waals surface area contributed by atoms with Crippen LogP contribution in [-0.4, -0.2) is 5.78 Å². The van der Waals surface area contributed by atoms with Gasteiger partial charge in [0.05, 0.1) is 6.07 Å². The van der Waals surface area contributed by atoms with Crippen molar-refractivity contribution in [1.29, 1.82) is 5.26 Å². The molecule has 2 saturated carbocycles. The summed E-state index contributed by atoms with van der Waals surface area (Å²) in [4.78, 5) is 12.6. The Kier molecular flexibility index (Phi) is 3.45. The summed E-state index contributed by atoms with van der Waals surface area (Å²) in [6.45, 7) is 0. The summed E-state index contributed by atoms with van der Waals surface area (Å²) in [6, 6.07) is 9.75. The molecule has 0 N–H and O–H groups in total. The van der Waals surface area contributed by atoms with Gasteiger partial charge in [-0.2, -0.15) is 5.26 Å². The highest BCUT2D eigenvalue weighted by atomic mass is 79.9. The fourth-order valence-corrected chi connectivity index (χ4v) is 3.83. The number of hydrogen-bond donors (Lipinski definition) is 0. The first kappa shape index (κ1) is 12.9. The average Bonchev–Trinajstić information content (AvgIpc) is 3.16. The number of ketones is 1. The van der Waals surface area contributed by atoms with Crippen LogP contribution in [0.3, 0.4) is 0 Å². The molecular weight excluding hydrogens is 302 g/mol. The van der Waals surface area contributed by atoms with Crippen molar-refractivity contribution < 1.29 is 4.79 Å². The molecular formula is C16H16BrNO. The second-order valence-electron chi connectivity index (χ2n) is 5.65. The van der Waals surface area contributed by atoms with Gasteiger partial charge < -0.3 is 0 Å². The summed E-state index contributed by atoms with van der Waals surface area (Å²) in [6.07, 6.45) is 4.86. The molecule has 0 amide bonds. The zero-order chi connectivity index (χ0) is 13.4. The smallest absolute Gasteiger partial charge is 0.158 e. The molecule has 0 aromatic heterocycles. The molecule has 0 heterocycles. The van der Waals surface area contributed by atoms with Crippen LogP contribution in [0.15, 0.2) is 28.7 Å². The van der Waals surface area contributed by atoms with E-state index in [4.69, 9.17) is 0 Å². The number of rotatable bonds is 3. The van der Waals surface area contributed by atoms with E-state index in [2.05, 4.69) is 22.0 Å². The van der Waals surface area contributed by atoms with Gasteiger partial charge in [0.1, 0.15) is 5.92 Å². The summed E-state index contributed by atoms with van der Waals surface area (Å²) in [5, 5.41) is 9.35. The predicted molar refractivity (Wildman–Crippen MR) is 76.4 cm³/mol. The third kappa shape index (κ3) is 2.34. The number of halogens is 1. The lowest BCUT2D eigenvalue weighted by Gasteiger charge is -2.08. The van der Waals surface area contributed by atoms with Gasteiger partial charge in [-0.05, 0) is 42.4 Å². The van der Waals surface area contributed by atoms with Gasteiger partial charge in [-0.25, -0.2) is 0 Å². The van der Waals surface area contributed by atoms with Gasteiger partial charge in [-0.3, -0.25) is 4.79 Å². The highest BCUT2D eigenvalue weighted by molar-refractivity contribution is 9.10. The molecule has 3 unspecified atom stereocenters. The van der Waals surface area contributed by atoms with Gasteiger partial charge in [0.15, 0.2) is 5.78 Å². The normalized spacial score (nSPS) is 30.0. The summed E-state index contributed by atoms with van der Waals surface area (Å²) < 4.78 is 0.973. The quantitative estimate of drug-likeness (QED) is 0.843. The van der Waals surface area contributed by atoms with Gasteiger partial charge in [0, 0.05) is 10.4 Å². The molecule has 98 valence electrons. The Bertz CT molecular complexity index is 519. The zero-order valence-corrected chi connectivity index (χ0v) is 12.3. The Morgan fingerprint density at radius 2 is 1.79 bits per heavy atom. The standard InChI is InChI=1S/C16H16BrNO/c17-11-7-5-10(6-8-11)14(9-18)16(19)15-12-3-1-2-4-13(12)15/h5-8,12-15H,1-4H2. The summed E-state index contributed by atoms with van der Waals surface area (Å²) in [7, 11) is 0. The fourth-order valence-electron chi connectivity index (χ4n) is 3.56. The van der Waals surface area contributed by atoms with Crippen LogP contribution in [0.25, 0.3) is 0 Å². The van der Waals surface area contributed by atoms with Crippen LogP contribution in [0.4, 0.5) is 0 Å². The van der Waals surface area contributed by atoms with Crippen molar-refractivity contribution in [3.63, 3.8) is 0 Å². The minimum atomic E-state index is -0.580. The molecule has 2 fully saturated rings. The van der Waals surface area contributed by atoms with E-state index in [-0.39, 0.29) is 11.7 Å². The summed E-state index contributed by atoms with van der Waals surface area (Å²) >= 11 is 3.38. The lowest BCUT2D eigenvalue weighted by Crippen LogP contribution is -2.14.